The van der Waals surface area contributed by atoms with Crippen LogP contribution in [0.2, 0.25) is 25.7 Å². The molecule has 272 valence electrons. The number of alkyl carbamates (subject to hydrolysis) is 1. The second-order valence-electron chi connectivity index (χ2n) is 15.5. The summed E-state index contributed by atoms with van der Waals surface area (Å²) in [4.78, 5) is 15.5. The highest BCUT2D eigenvalue weighted by atomic mass is 28.3. The van der Waals surface area contributed by atoms with Gasteiger partial charge in [0.2, 0.25) is 0 Å². The van der Waals surface area contributed by atoms with Crippen molar-refractivity contribution in [2.75, 3.05) is 32.1 Å². The molecule has 1 atom stereocenters. The Bertz CT molecular complexity index is 1740. The zero-order valence-corrected chi connectivity index (χ0v) is 31.2. The number of hydrogen-bond acceptors (Lipinski definition) is 6. The molecule has 1 saturated heterocycles. The van der Waals surface area contributed by atoms with Gasteiger partial charge in [-0.25, -0.2) is 9.48 Å². The average molecular weight is 713 g/mol. The number of carbonyl (C=O) groups is 1. The van der Waals surface area contributed by atoms with Crippen LogP contribution in [-0.2, 0) is 22.7 Å². The Hall–Kier alpha value is -3.81. The first-order valence-corrected chi connectivity index (χ1v) is 21.0. The number of anilines is 1. The van der Waals surface area contributed by atoms with Crippen molar-refractivity contribution in [3.05, 3.63) is 71.9 Å². The molecular weight excluding hydrogens is 662 g/mol. The van der Waals surface area contributed by atoms with Gasteiger partial charge in [-0.2, -0.15) is 18.3 Å². The highest BCUT2D eigenvalue weighted by Crippen LogP contribution is 2.37. The Morgan fingerprint density at radius 2 is 1.72 bits per heavy atom. The van der Waals surface area contributed by atoms with Crippen LogP contribution in [0.25, 0.3) is 22.3 Å². The number of aromatic nitrogens is 3. The third-order valence-corrected chi connectivity index (χ3v) is 10.4. The van der Waals surface area contributed by atoms with Crippen molar-refractivity contribution >= 4 is 30.8 Å². The van der Waals surface area contributed by atoms with Gasteiger partial charge in [0.05, 0.1) is 22.9 Å². The third kappa shape index (κ3) is 10.1. The summed E-state index contributed by atoms with van der Waals surface area (Å²) in [6, 6.07) is 18.8. The summed E-state index contributed by atoms with van der Waals surface area (Å²) in [6.07, 6.45) is -3.22. The molecule has 1 fully saturated rings. The largest absolute Gasteiger partial charge is 0.444 e. The second kappa shape index (κ2) is 15.2. The smallest absolute Gasteiger partial charge is 0.408 e. The van der Waals surface area contributed by atoms with E-state index in [0.29, 0.717) is 34.6 Å². The molecule has 1 unspecified atom stereocenters. The Labute approximate surface area is 294 Å². The fourth-order valence-electron chi connectivity index (χ4n) is 6.17. The van der Waals surface area contributed by atoms with Gasteiger partial charge < -0.3 is 29.6 Å². The van der Waals surface area contributed by atoms with Crippen molar-refractivity contribution in [1.82, 2.24) is 24.6 Å². The van der Waals surface area contributed by atoms with Gasteiger partial charge in [-0.05, 0) is 89.6 Å². The quantitative estimate of drug-likeness (QED) is 0.113. The van der Waals surface area contributed by atoms with Crippen molar-refractivity contribution in [3.8, 4) is 11.4 Å². The molecule has 1 aliphatic rings. The summed E-state index contributed by atoms with van der Waals surface area (Å²) in [5, 5.41) is 12.2. The third-order valence-electron chi connectivity index (χ3n) is 8.73. The summed E-state index contributed by atoms with van der Waals surface area (Å²) >= 11 is 0. The first kappa shape index (κ1) is 37.4. The fourth-order valence-corrected chi connectivity index (χ4v) is 6.92. The zero-order chi connectivity index (χ0) is 36.3. The summed E-state index contributed by atoms with van der Waals surface area (Å²) in [7, 11) is 0.697. The van der Waals surface area contributed by atoms with E-state index >= 15 is 0 Å². The molecule has 4 aromatic rings. The molecule has 0 radical (unpaired) electrons. The van der Waals surface area contributed by atoms with Gasteiger partial charge >= 0.3 is 12.3 Å². The van der Waals surface area contributed by atoms with E-state index in [9.17, 15) is 18.0 Å². The minimum atomic E-state index is -4.48. The molecule has 0 saturated carbocycles. The van der Waals surface area contributed by atoms with Crippen molar-refractivity contribution in [2.45, 2.75) is 96.4 Å². The first-order valence-electron chi connectivity index (χ1n) is 17.3. The lowest BCUT2D eigenvalue weighted by molar-refractivity contribution is -0.139. The molecule has 50 heavy (non-hydrogen) atoms. The number of amides is 1. The Morgan fingerprint density at radius 3 is 2.36 bits per heavy atom. The van der Waals surface area contributed by atoms with Gasteiger partial charge in [0, 0.05) is 31.8 Å². The highest BCUT2D eigenvalue weighted by molar-refractivity contribution is 6.76. The normalized spacial score (nSPS) is 15.7. The van der Waals surface area contributed by atoms with Crippen LogP contribution in [-0.4, -0.2) is 78.0 Å². The fraction of sp³-hybridized carbons (Fsp3) is 0.514. The summed E-state index contributed by atoms with van der Waals surface area (Å²) in [5.41, 5.74) is 2.49. The number of nitrogens with zero attached hydrogens (tertiary/aromatic N) is 4. The first-order chi connectivity index (χ1) is 23.5. The number of alkyl halides is 3. The lowest BCUT2D eigenvalue weighted by Gasteiger charge is -2.30. The molecule has 0 spiro atoms. The number of likely N-dealkylation sites (tertiary alicyclic amines) is 1. The predicted octanol–water partition coefficient (Wildman–Crippen LogP) is 8.50. The maximum atomic E-state index is 14.2. The van der Waals surface area contributed by atoms with Gasteiger partial charge in [-0.15, -0.1) is 0 Å². The minimum Gasteiger partial charge on any atom is -0.444 e. The molecule has 1 amide bonds. The van der Waals surface area contributed by atoms with E-state index in [0.717, 1.165) is 43.2 Å². The van der Waals surface area contributed by atoms with E-state index in [1.807, 2.05) is 36.4 Å². The molecular formula is C37H51F3N6O3Si. The monoisotopic (exact) mass is 712 g/mol. The van der Waals surface area contributed by atoms with Crippen LogP contribution in [0.4, 0.5) is 23.7 Å². The molecule has 2 aromatic heterocycles. The average Bonchev–Trinajstić information content (AvgIpc) is 3.59. The molecule has 0 bridgehead atoms. The van der Waals surface area contributed by atoms with E-state index in [-0.39, 0.29) is 12.8 Å². The van der Waals surface area contributed by atoms with Crippen LogP contribution in [0.15, 0.2) is 60.7 Å². The Balaban J connectivity index is 1.61. The standard InChI is InChI=1S/C37H51F3N6O3Si/c1-36(2,3)49-35(47)42-34(26-12-9-8-10-13-26)33-23-30(43-46(33)25-48-20-21-50(5,6)7)32-22-28-29(41-27-16-18-44(4)19-17-27)14-11-15-31(28)45(32)24-37(38,39)40/h8-15,22-23,27,34,41H,16-21,24-25H2,1-7H3,(H,42,47). The number of hydrogen-bond donors (Lipinski definition) is 2. The number of piperidine rings is 1. The highest BCUT2D eigenvalue weighted by Gasteiger charge is 2.32. The van der Waals surface area contributed by atoms with Crippen molar-refractivity contribution < 1.29 is 27.4 Å². The van der Waals surface area contributed by atoms with E-state index in [1.54, 1.807) is 49.7 Å². The van der Waals surface area contributed by atoms with Crippen LogP contribution < -0.4 is 10.6 Å². The van der Waals surface area contributed by atoms with Crippen LogP contribution in [0.1, 0.15) is 50.9 Å². The van der Waals surface area contributed by atoms with Gasteiger partial charge in [0.1, 0.15) is 24.6 Å². The summed E-state index contributed by atoms with van der Waals surface area (Å²) in [6.45, 7) is 13.4. The Kier molecular flexibility index (Phi) is 11.4. The molecule has 0 aliphatic carbocycles. The molecule has 5 rings (SSSR count). The minimum absolute atomic E-state index is 0.0571. The number of benzene rings is 2. The summed E-state index contributed by atoms with van der Waals surface area (Å²) < 4.78 is 57.4. The number of nitrogens with one attached hydrogen (secondary N) is 2. The van der Waals surface area contributed by atoms with E-state index in [4.69, 9.17) is 14.6 Å². The lowest BCUT2D eigenvalue weighted by Crippen LogP contribution is -2.36. The van der Waals surface area contributed by atoms with Gasteiger partial charge in [0.25, 0.3) is 0 Å². The molecule has 9 nitrogen and oxygen atoms in total. The maximum absolute atomic E-state index is 14.2. The molecule has 13 heteroatoms. The van der Waals surface area contributed by atoms with Gasteiger partial charge in [-0.3, -0.25) is 0 Å². The van der Waals surface area contributed by atoms with Crippen LogP contribution in [0.5, 0.6) is 0 Å². The van der Waals surface area contributed by atoms with Crippen molar-refractivity contribution in [1.29, 1.82) is 0 Å². The Morgan fingerprint density at radius 1 is 1.02 bits per heavy atom. The van der Waals surface area contributed by atoms with Gasteiger partial charge in [0.15, 0.2) is 0 Å². The van der Waals surface area contributed by atoms with E-state index in [1.165, 1.54) is 4.57 Å². The molecule has 2 N–H and O–H groups in total. The summed E-state index contributed by atoms with van der Waals surface area (Å²) in [5.74, 6) is 0. The number of fused-ring (bicyclic) bond motifs is 1. The van der Waals surface area contributed by atoms with Crippen molar-refractivity contribution in [3.63, 3.8) is 0 Å². The molecule has 2 aromatic carbocycles. The van der Waals surface area contributed by atoms with E-state index < -0.39 is 38.5 Å². The second-order valence-corrected chi connectivity index (χ2v) is 21.1. The lowest BCUT2D eigenvalue weighted by atomic mass is 10.0. The number of ether oxygens (including phenoxy) is 2. The number of rotatable bonds is 12. The topological polar surface area (TPSA) is 85.6 Å². The van der Waals surface area contributed by atoms with Gasteiger partial charge in [-0.1, -0.05) is 56.0 Å². The maximum Gasteiger partial charge on any atom is 0.408 e. The zero-order valence-electron chi connectivity index (χ0n) is 30.2. The van der Waals surface area contributed by atoms with Crippen LogP contribution >= 0.6 is 0 Å². The van der Waals surface area contributed by atoms with Crippen molar-refractivity contribution in [2.24, 2.45) is 0 Å². The van der Waals surface area contributed by atoms with E-state index in [2.05, 4.69) is 42.2 Å². The molecule has 1 aliphatic heterocycles. The molecule has 3 heterocycles. The van der Waals surface area contributed by atoms with Crippen LogP contribution in [0, 0.1) is 0 Å². The number of halogens is 3. The predicted molar refractivity (Wildman–Crippen MR) is 195 cm³/mol. The van der Waals surface area contributed by atoms with Crippen LogP contribution in [0.3, 0.4) is 0 Å². The number of carbonyl (C=O) groups excluding carboxylic acids is 1. The SMILES string of the molecule is CN1CCC(Nc2cccc3c2cc(-c2cc(C(NC(=O)OC(C)(C)C)c4ccccc4)n(COCC[Si](C)(C)C)n2)n3CC(F)(F)F)CC1.